The molecule has 0 radical (unpaired) electrons. The van der Waals surface area contributed by atoms with E-state index in [1.165, 1.54) is 6.08 Å². The van der Waals surface area contributed by atoms with Crippen LogP contribution in [-0.2, 0) is 27.5 Å². The number of carbonyl (C=O) groups is 3. The number of nitrogens with zero attached hydrogens (tertiary/aromatic N) is 1. The van der Waals surface area contributed by atoms with Crippen molar-refractivity contribution in [3.8, 4) is 5.75 Å². The van der Waals surface area contributed by atoms with Crippen LogP contribution in [0.2, 0.25) is 0 Å². The number of benzene rings is 3. The summed E-state index contributed by atoms with van der Waals surface area (Å²) >= 11 is 0. The Morgan fingerprint density at radius 3 is 2.40 bits per heavy atom. The average Bonchev–Trinajstić information content (AvgIpc) is 3.47. The lowest BCUT2D eigenvalue weighted by atomic mass is 10.1. The number of fused-ring (bicyclic) bond motifs is 1. The van der Waals surface area contributed by atoms with Crippen LogP contribution in [-0.4, -0.2) is 28.8 Å². The van der Waals surface area contributed by atoms with Crippen LogP contribution in [0.1, 0.15) is 21.5 Å². The maximum absolute atomic E-state index is 12.9. The molecule has 1 amide bonds. The number of carbonyl (C=O) groups excluding carboxylic acids is 3. The van der Waals surface area contributed by atoms with Gasteiger partial charge in [0.05, 0.1) is 11.3 Å². The zero-order chi connectivity index (χ0) is 24.2. The Hall–Kier alpha value is -4.65. The van der Waals surface area contributed by atoms with Crippen LogP contribution in [0.5, 0.6) is 5.75 Å². The second-order valence-corrected chi connectivity index (χ2v) is 8.17. The van der Waals surface area contributed by atoms with Crippen LogP contribution in [0.4, 0.5) is 0 Å². The molecule has 0 fully saturated rings. The summed E-state index contributed by atoms with van der Waals surface area (Å²) in [5, 5.41) is 3.15. The molecule has 0 atom stereocenters. The van der Waals surface area contributed by atoms with Gasteiger partial charge in [-0.1, -0.05) is 60.7 Å². The quantitative estimate of drug-likeness (QED) is 0.241. The Kier molecular flexibility index (Phi) is 6.13. The molecule has 4 aromatic rings. The number of rotatable bonds is 8. The number of ketones is 1. The van der Waals surface area contributed by atoms with Gasteiger partial charge in [0.25, 0.3) is 11.7 Å². The van der Waals surface area contributed by atoms with Crippen LogP contribution < -0.4 is 10.1 Å². The number of cyclic esters (lactones) is 1. The van der Waals surface area contributed by atoms with E-state index in [9.17, 15) is 14.4 Å². The third kappa shape index (κ3) is 4.99. The molecule has 0 spiro atoms. The van der Waals surface area contributed by atoms with Crippen molar-refractivity contribution < 1.29 is 23.9 Å². The van der Waals surface area contributed by atoms with Gasteiger partial charge in [-0.2, -0.15) is 0 Å². The smallest absolute Gasteiger partial charge is 0.333 e. The zero-order valence-electron chi connectivity index (χ0n) is 18.8. The summed E-state index contributed by atoms with van der Waals surface area (Å²) in [6.07, 6.45) is 2.86. The number of para-hydroxylation sites is 1. The minimum absolute atomic E-state index is 0.0509. The van der Waals surface area contributed by atoms with Gasteiger partial charge in [0.1, 0.15) is 19.0 Å². The van der Waals surface area contributed by atoms with Gasteiger partial charge in [0.15, 0.2) is 0 Å². The lowest BCUT2D eigenvalue weighted by Crippen LogP contribution is -2.31. The molecule has 1 N–H and O–H groups in total. The summed E-state index contributed by atoms with van der Waals surface area (Å²) in [4.78, 5) is 36.7. The predicted molar refractivity (Wildman–Crippen MR) is 130 cm³/mol. The van der Waals surface area contributed by atoms with E-state index >= 15 is 0 Å². The van der Waals surface area contributed by atoms with Gasteiger partial charge in [-0.05, 0) is 29.3 Å². The van der Waals surface area contributed by atoms with Crippen molar-refractivity contribution in [1.82, 2.24) is 9.88 Å². The highest BCUT2D eigenvalue weighted by molar-refractivity contribution is 6.45. The second-order valence-electron chi connectivity index (χ2n) is 8.17. The van der Waals surface area contributed by atoms with Gasteiger partial charge in [-0.25, -0.2) is 4.79 Å². The fraction of sp³-hybridized carbons (Fsp3) is 0.107. The molecule has 174 valence electrons. The van der Waals surface area contributed by atoms with Gasteiger partial charge in [-0.3, -0.25) is 9.59 Å². The fourth-order valence-electron chi connectivity index (χ4n) is 3.96. The first-order valence-electron chi connectivity index (χ1n) is 11.1. The van der Waals surface area contributed by atoms with E-state index in [0.717, 1.165) is 22.4 Å². The van der Waals surface area contributed by atoms with E-state index in [-0.39, 0.29) is 12.3 Å². The highest BCUT2D eigenvalue weighted by Crippen LogP contribution is 2.24. The molecule has 0 unspecified atom stereocenters. The number of aromatic nitrogens is 1. The van der Waals surface area contributed by atoms with E-state index < -0.39 is 17.7 Å². The summed E-state index contributed by atoms with van der Waals surface area (Å²) in [6, 6.07) is 25.2. The van der Waals surface area contributed by atoms with Crippen molar-refractivity contribution in [2.75, 3.05) is 6.61 Å². The molecule has 3 aromatic carbocycles. The minimum Gasteiger partial charge on any atom is -0.489 e. The Morgan fingerprint density at radius 1 is 0.914 bits per heavy atom. The van der Waals surface area contributed by atoms with Crippen molar-refractivity contribution in [2.24, 2.45) is 0 Å². The molecular weight excluding hydrogens is 444 g/mol. The molecule has 35 heavy (non-hydrogen) atoms. The van der Waals surface area contributed by atoms with Crippen molar-refractivity contribution in [2.45, 2.75) is 13.2 Å². The third-order valence-electron chi connectivity index (χ3n) is 5.70. The van der Waals surface area contributed by atoms with E-state index in [2.05, 4.69) is 5.32 Å². The zero-order valence-corrected chi connectivity index (χ0v) is 18.8. The molecule has 7 heteroatoms. The topological polar surface area (TPSA) is 86.6 Å². The van der Waals surface area contributed by atoms with Crippen molar-refractivity contribution in [3.63, 3.8) is 0 Å². The van der Waals surface area contributed by atoms with Crippen molar-refractivity contribution >= 4 is 28.6 Å². The number of esters is 1. The first-order valence-corrected chi connectivity index (χ1v) is 11.1. The Morgan fingerprint density at radius 2 is 1.66 bits per heavy atom. The minimum atomic E-state index is -0.808. The van der Waals surface area contributed by atoms with E-state index in [1.54, 1.807) is 6.20 Å². The number of nitrogens with one attached hydrogen (secondary N) is 1. The summed E-state index contributed by atoms with van der Waals surface area (Å²) in [5.41, 5.74) is 3.53. The molecule has 0 saturated heterocycles. The molecule has 0 aliphatic carbocycles. The number of Topliss-reactive ketones (excluding diaryl/α,β-unsaturated/α-hetero) is 1. The highest BCUT2D eigenvalue weighted by Gasteiger charge is 2.24. The van der Waals surface area contributed by atoms with E-state index in [0.29, 0.717) is 24.1 Å². The number of hydrogen-bond acceptors (Lipinski definition) is 5. The molecule has 0 bridgehead atoms. The standard InChI is InChI=1S/C28H22N2O5/c31-26-14-21(18-35-26)29-28(33)27(32)24-16-30(25-9-5-4-8-23(24)25)15-19-10-12-22(13-11-19)34-17-20-6-2-1-3-7-20/h1-14,16H,15,17-18H2,(H,29,33). The molecule has 7 nitrogen and oxygen atoms in total. The first kappa shape index (κ1) is 22.2. The average molecular weight is 466 g/mol. The molecule has 2 heterocycles. The van der Waals surface area contributed by atoms with E-state index in [4.69, 9.17) is 9.47 Å². The molecular formula is C28H22N2O5. The Bertz CT molecular complexity index is 1440. The summed E-state index contributed by atoms with van der Waals surface area (Å²) < 4.78 is 12.6. The summed E-state index contributed by atoms with van der Waals surface area (Å²) in [6.45, 7) is 0.958. The van der Waals surface area contributed by atoms with Gasteiger partial charge < -0.3 is 19.4 Å². The molecule has 1 aromatic heterocycles. The van der Waals surface area contributed by atoms with Gasteiger partial charge in [0.2, 0.25) is 0 Å². The second kappa shape index (κ2) is 9.69. The number of ether oxygens (including phenoxy) is 2. The third-order valence-corrected chi connectivity index (χ3v) is 5.70. The Balaban J connectivity index is 1.32. The fourth-order valence-corrected chi connectivity index (χ4v) is 3.96. The van der Waals surface area contributed by atoms with Crippen molar-refractivity contribution in [3.05, 3.63) is 114 Å². The largest absolute Gasteiger partial charge is 0.489 e. The van der Waals surface area contributed by atoms with E-state index in [1.807, 2.05) is 83.4 Å². The summed E-state index contributed by atoms with van der Waals surface area (Å²) in [7, 11) is 0. The van der Waals surface area contributed by atoms with Gasteiger partial charge >= 0.3 is 5.97 Å². The summed E-state index contributed by atoms with van der Waals surface area (Å²) in [5.74, 6) is -1.26. The lowest BCUT2D eigenvalue weighted by Gasteiger charge is -2.09. The monoisotopic (exact) mass is 466 g/mol. The SMILES string of the molecule is O=C1C=C(NC(=O)C(=O)c2cn(Cc3ccc(OCc4ccccc4)cc3)c3ccccc23)CO1. The Labute approximate surface area is 201 Å². The van der Waals surface area contributed by atoms with Gasteiger partial charge in [-0.15, -0.1) is 0 Å². The lowest BCUT2D eigenvalue weighted by molar-refractivity contribution is -0.135. The molecule has 1 aliphatic heterocycles. The van der Waals surface area contributed by atoms with Crippen LogP contribution in [0.15, 0.2) is 96.8 Å². The van der Waals surface area contributed by atoms with Crippen molar-refractivity contribution in [1.29, 1.82) is 0 Å². The molecule has 0 saturated carbocycles. The predicted octanol–water partition coefficient (Wildman–Crippen LogP) is 4.01. The number of hydrogen-bond donors (Lipinski definition) is 1. The number of amides is 1. The first-order chi connectivity index (χ1) is 17.1. The van der Waals surface area contributed by atoms with Crippen LogP contribution >= 0.6 is 0 Å². The van der Waals surface area contributed by atoms with Gasteiger partial charge in [0, 0.05) is 29.7 Å². The normalized spacial score (nSPS) is 12.8. The maximum Gasteiger partial charge on any atom is 0.333 e. The molecule has 5 rings (SSSR count). The van der Waals surface area contributed by atoms with Crippen LogP contribution in [0, 0.1) is 0 Å². The maximum atomic E-state index is 12.9. The van der Waals surface area contributed by atoms with Crippen LogP contribution in [0.25, 0.3) is 10.9 Å². The van der Waals surface area contributed by atoms with Crippen LogP contribution in [0.3, 0.4) is 0 Å². The highest BCUT2D eigenvalue weighted by atomic mass is 16.5. The molecule has 1 aliphatic rings.